The topological polar surface area (TPSA) is 61.4 Å². The molecule has 130 valence electrons. The molecule has 1 aliphatic heterocycles. The van der Waals surface area contributed by atoms with Gasteiger partial charge >= 0.3 is 6.03 Å². The van der Waals surface area contributed by atoms with Gasteiger partial charge in [-0.05, 0) is 43.7 Å². The molecule has 2 aromatic rings. The van der Waals surface area contributed by atoms with Crippen molar-refractivity contribution in [3.63, 3.8) is 0 Å². The Kier molecular flexibility index (Phi) is 5.28. The summed E-state index contributed by atoms with van der Waals surface area (Å²) in [5.74, 6) is 0.278. The zero-order chi connectivity index (χ0) is 17.8. The van der Waals surface area contributed by atoms with Crippen molar-refractivity contribution in [3.05, 3.63) is 54.1 Å². The highest BCUT2D eigenvalue weighted by atomic mass is 32.2. The zero-order valence-electron chi connectivity index (χ0n) is 14.3. The van der Waals surface area contributed by atoms with Crippen LogP contribution in [-0.4, -0.2) is 30.3 Å². The quantitative estimate of drug-likeness (QED) is 0.805. The van der Waals surface area contributed by atoms with Crippen LogP contribution in [0.15, 0.2) is 53.4 Å². The molecule has 1 saturated heterocycles. The Morgan fingerprint density at radius 2 is 2.08 bits per heavy atom. The van der Waals surface area contributed by atoms with Crippen LogP contribution in [0.1, 0.15) is 12.5 Å². The Labute approximate surface area is 151 Å². The van der Waals surface area contributed by atoms with Crippen molar-refractivity contribution >= 4 is 35.1 Å². The van der Waals surface area contributed by atoms with Gasteiger partial charge in [0.1, 0.15) is 0 Å². The fraction of sp³-hybridized carbons (Fsp3) is 0.263. The molecule has 0 saturated carbocycles. The number of carbonyl (C=O) groups excluding carboxylic acids is 2. The first kappa shape index (κ1) is 17.4. The van der Waals surface area contributed by atoms with E-state index in [1.807, 2.05) is 62.4 Å². The van der Waals surface area contributed by atoms with E-state index in [1.54, 1.807) is 4.90 Å². The van der Waals surface area contributed by atoms with Gasteiger partial charge in [0.05, 0.1) is 11.8 Å². The highest BCUT2D eigenvalue weighted by Crippen LogP contribution is 2.25. The summed E-state index contributed by atoms with van der Waals surface area (Å²) in [5, 5.41) is 5.73. The smallest absolute Gasteiger partial charge is 0.322 e. The lowest BCUT2D eigenvalue weighted by molar-refractivity contribution is -0.113. The number of thioether (sulfide) groups is 1. The lowest BCUT2D eigenvalue weighted by atomic mass is 10.2. The summed E-state index contributed by atoms with van der Waals surface area (Å²) < 4.78 is 0. The highest BCUT2D eigenvalue weighted by Gasteiger charge is 2.28. The van der Waals surface area contributed by atoms with Crippen LogP contribution in [0.3, 0.4) is 0 Å². The van der Waals surface area contributed by atoms with Crippen molar-refractivity contribution in [2.24, 2.45) is 0 Å². The van der Waals surface area contributed by atoms with Crippen molar-refractivity contribution in [2.45, 2.75) is 24.8 Å². The summed E-state index contributed by atoms with van der Waals surface area (Å²) in [6, 6.07) is 15.4. The lowest BCUT2D eigenvalue weighted by Gasteiger charge is -2.20. The van der Waals surface area contributed by atoms with E-state index in [9.17, 15) is 9.59 Å². The number of nitrogens with zero attached hydrogens (tertiary/aromatic N) is 1. The number of rotatable bonds is 5. The predicted octanol–water partition coefficient (Wildman–Crippen LogP) is 3.64. The van der Waals surface area contributed by atoms with E-state index in [0.29, 0.717) is 18.0 Å². The Hall–Kier alpha value is -2.47. The van der Waals surface area contributed by atoms with Crippen molar-refractivity contribution in [1.82, 2.24) is 5.32 Å². The molecular weight excluding hydrogens is 334 g/mol. The average molecular weight is 355 g/mol. The van der Waals surface area contributed by atoms with E-state index in [-0.39, 0.29) is 18.0 Å². The van der Waals surface area contributed by atoms with Crippen LogP contribution >= 0.6 is 11.8 Å². The van der Waals surface area contributed by atoms with E-state index in [4.69, 9.17) is 0 Å². The van der Waals surface area contributed by atoms with Gasteiger partial charge in [0.15, 0.2) is 0 Å². The number of urea groups is 1. The van der Waals surface area contributed by atoms with Crippen molar-refractivity contribution < 1.29 is 9.59 Å². The third-order valence-corrected chi connectivity index (χ3v) is 5.24. The fourth-order valence-electron chi connectivity index (χ4n) is 2.78. The molecule has 5 nitrogen and oxygen atoms in total. The second-order valence-electron chi connectivity index (χ2n) is 6.06. The maximum Gasteiger partial charge on any atom is 0.322 e. The van der Waals surface area contributed by atoms with Gasteiger partial charge in [-0.15, -0.1) is 11.8 Å². The summed E-state index contributed by atoms with van der Waals surface area (Å²) in [5.41, 5.74) is 2.64. The number of benzene rings is 2. The van der Waals surface area contributed by atoms with Crippen LogP contribution in [0.2, 0.25) is 0 Å². The van der Waals surface area contributed by atoms with Crippen LogP contribution in [0, 0.1) is 6.92 Å². The highest BCUT2D eigenvalue weighted by molar-refractivity contribution is 8.00. The van der Waals surface area contributed by atoms with E-state index >= 15 is 0 Å². The van der Waals surface area contributed by atoms with Crippen LogP contribution in [-0.2, 0) is 4.79 Å². The Bertz CT molecular complexity index is 794. The van der Waals surface area contributed by atoms with Gasteiger partial charge in [0.25, 0.3) is 0 Å². The summed E-state index contributed by atoms with van der Waals surface area (Å²) >= 11 is 1.52. The normalized spacial score (nSPS) is 16.6. The maximum absolute atomic E-state index is 12.2. The number of aryl methyl sites for hydroxylation is 1. The van der Waals surface area contributed by atoms with Gasteiger partial charge in [0.2, 0.25) is 5.91 Å². The minimum absolute atomic E-state index is 0.0654. The molecule has 3 amide bonds. The Morgan fingerprint density at radius 1 is 1.28 bits per heavy atom. The molecule has 1 fully saturated rings. The number of anilines is 2. The standard InChI is InChI=1S/C19H21N3O2S/c1-13-6-3-4-9-17(13)25-12-18(23)21-15-7-5-8-16(10-15)22-14(2)11-20-19(22)24/h3-10,14H,11-12H2,1-2H3,(H,20,24)(H,21,23)/t14-/m1/s1. The lowest BCUT2D eigenvalue weighted by Crippen LogP contribution is -2.32. The minimum Gasteiger partial charge on any atom is -0.336 e. The second-order valence-corrected chi connectivity index (χ2v) is 7.07. The molecule has 0 aromatic heterocycles. The minimum atomic E-state index is -0.105. The Balaban J connectivity index is 1.63. The molecule has 6 heteroatoms. The van der Waals surface area contributed by atoms with E-state index in [1.165, 1.54) is 11.8 Å². The molecule has 0 unspecified atom stereocenters. The number of hydrogen-bond donors (Lipinski definition) is 2. The fourth-order valence-corrected chi connectivity index (χ4v) is 3.60. The number of carbonyl (C=O) groups is 2. The largest absolute Gasteiger partial charge is 0.336 e. The molecule has 0 radical (unpaired) electrons. The molecule has 25 heavy (non-hydrogen) atoms. The van der Waals surface area contributed by atoms with E-state index in [2.05, 4.69) is 10.6 Å². The monoisotopic (exact) mass is 355 g/mol. The molecule has 1 heterocycles. The molecule has 2 aromatic carbocycles. The molecule has 0 aliphatic carbocycles. The Morgan fingerprint density at radius 3 is 2.80 bits per heavy atom. The van der Waals surface area contributed by atoms with Gasteiger partial charge in [0, 0.05) is 22.8 Å². The first-order chi connectivity index (χ1) is 12.0. The molecule has 2 N–H and O–H groups in total. The summed E-state index contributed by atoms with van der Waals surface area (Å²) in [6.45, 7) is 4.65. The zero-order valence-corrected chi connectivity index (χ0v) is 15.1. The molecule has 3 rings (SSSR count). The van der Waals surface area contributed by atoms with Gasteiger partial charge in [-0.25, -0.2) is 4.79 Å². The van der Waals surface area contributed by atoms with Crippen molar-refractivity contribution in [1.29, 1.82) is 0 Å². The molecule has 1 atom stereocenters. The summed E-state index contributed by atoms with van der Waals surface area (Å²) in [7, 11) is 0. The number of hydrogen-bond acceptors (Lipinski definition) is 3. The van der Waals surface area contributed by atoms with Gasteiger partial charge in [-0.3, -0.25) is 9.69 Å². The first-order valence-corrected chi connectivity index (χ1v) is 9.18. The van der Waals surface area contributed by atoms with E-state index < -0.39 is 0 Å². The van der Waals surface area contributed by atoms with Crippen LogP contribution in [0.25, 0.3) is 0 Å². The van der Waals surface area contributed by atoms with Crippen LogP contribution in [0.4, 0.5) is 16.2 Å². The molecule has 0 bridgehead atoms. The van der Waals surface area contributed by atoms with Gasteiger partial charge < -0.3 is 10.6 Å². The molecular formula is C19H21N3O2S. The summed E-state index contributed by atoms with van der Waals surface area (Å²) in [4.78, 5) is 27.0. The average Bonchev–Trinajstić information content (AvgIpc) is 2.93. The third-order valence-electron chi connectivity index (χ3n) is 4.07. The van der Waals surface area contributed by atoms with Gasteiger partial charge in [-0.2, -0.15) is 0 Å². The SMILES string of the molecule is Cc1ccccc1SCC(=O)Nc1cccc(N2C(=O)NC[C@H]2C)c1. The van der Waals surface area contributed by atoms with Gasteiger partial charge in [-0.1, -0.05) is 24.3 Å². The van der Waals surface area contributed by atoms with Crippen molar-refractivity contribution in [3.8, 4) is 0 Å². The first-order valence-electron chi connectivity index (χ1n) is 8.20. The maximum atomic E-state index is 12.2. The predicted molar refractivity (Wildman–Crippen MR) is 102 cm³/mol. The van der Waals surface area contributed by atoms with E-state index in [0.717, 1.165) is 16.1 Å². The van der Waals surface area contributed by atoms with Crippen molar-refractivity contribution in [2.75, 3.05) is 22.5 Å². The number of nitrogens with one attached hydrogen (secondary N) is 2. The molecule has 0 spiro atoms. The number of amides is 3. The molecule has 1 aliphatic rings. The van der Waals surface area contributed by atoms with Crippen LogP contribution < -0.4 is 15.5 Å². The third kappa shape index (κ3) is 4.14. The van der Waals surface area contributed by atoms with Crippen LogP contribution in [0.5, 0.6) is 0 Å². The second kappa shape index (κ2) is 7.61. The summed E-state index contributed by atoms with van der Waals surface area (Å²) in [6.07, 6.45) is 0.